The maximum atomic E-state index is 11.7. The maximum absolute atomic E-state index is 11.7. The molecule has 1 aromatic heterocycles. The van der Waals surface area contributed by atoms with Gasteiger partial charge in [-0.3, -0.25) is 4.79 Å². The first kappa shape index (κ1) is 12.0. The average Bonchev–Trinajstić information content (AvgIpc) is 2.78. The second-order valence-corrected chi connectivity index (χ2v) is 4.57. The molecule has 1 amide bonds. The highest BCUT2D eigenvalue weighted by Crippen LogP contribution is 2.25. The highest BCUT2D eigenvalue weighted by Gasteiger charge is 2.11. The Bertz CT molecular complexity index is 536. The summed E-state index contributed by atoms with van der Waals surface area (Å²) in [5, 5.41) is 2.94. The van der Waals surface area contributed by atoms with Gasteiger partial charge in [0.15, 0.2) is 0 Å². The molecule has 1 heterocycles. The number of carbonyl (C=O) groups excluding carboxylic acids is 1. The first-order valence-corrected chi connectivity index (χ1v) is 6.47. The number of amides is 1. The summed E-state index contributed by atoms with van der Waals surface area (Å²) in [4.78, 5) is 11.7. The third-order valence-electron chi connectivity index (χ3n) is 2.66. The van der Waals surface area contributed by atoms with Crippen LogP contribution in [0.5, 0.6) is 0 Å². The van der Waals surface area contributed by atoms with Gasteiger partial charge in [0.25, 0.3) is 0 Å². The van der Waals surface area contributed by atoms with Gasteiger partial charge in [0.1, 0.15) is 11.0 Å². The molecule has 0 spiro atoms. The van der Waals surface area contributed by atoms with E-state index >= 15 is 0 Å². The number of anilines is 1. The largest absolute Gasteiger partial charge is 0.324 e. The molecule has 0 atom stereocenters. The summed E-state index contributed by atoms with van der Waals surface area (Å²) < 4.78 is 8.40. The van der Waals surface area contributed by atoms with Gasteiger partial charge in [-0.05, 0) is 25.0 Å². The molecule has 0 radical (unpaired) electrons. The van der Waals surface area contributed by atoms with Crippen molar-refractivity contribution < 1.29 is 4.79 Å². The first-order valence-electron chi connectivity index (χ1n) is 5.74. The lowest BCUT2D eigenvalue weighted by Gasteiger charge is -2.08. The molecule has 0 bridgehead atoms. The fourth-order valence-electron chi connectivity index (χ4n) is 1.65. The highest BCUT2D eigenvalue weighted by atomic mass is 32.1. The van der Waals surface area contributed by atoms with Crippen LogP contribution in [0.15, 0.2) is 12.1 Å². The summed E-state index contributed by atoms with van der Waals surface area (Å²) in [5.74, 6) is 0.0513. The van der Waals surface area contributed by atoms with Crippen LogP contribution in [0.2, 0.25) is 0 Å². The molecule has 0 fully saturated rings. The summed E-state index contributed by atoms with van der Waals surface area (Å²) in [6, 6.07) is 3.88. The zero-order chi connectivity index (χ0) is 12.3. The zero-order valence-corrected chi connectivity index (χ0v) is 10.8. The van der Waals surface area contributed by atoms with Crippen LogP contribution in [-0.4, -0.2) is 14.7 Å². The molecule has 5 heteroatoms. The van der Waals surface area contributed by atoms with Crippen molar-refractivity contribution in [1.29, 1.82) is 0 Å². The fraction of sp³-hybridized carbons (Fsp3) is 0.417. The number of nitrogens with zero attached hydrogens (tertiary/aromatic N) is 2. The van der Waals surface area contributed by atoms with Crippen LogP contribution in [0.4, 0.5) is 5.69 Å². The molecule has 1 N–H and O–H groups in total. The van der Waals surface area contributed by atoms with Crippen molar-refractivity contribution in [1.82, 2.24) is 8.75 Å². The number of aromatic nitrogens is 2. The van der Waals surface area contributed by atoms with Crippen molar-refractivity contribution in [2.24, 2.45) is 0 Å². The number of carbonyl (C=O) groups is 1. The van der Waals surface area contributed by atoms with E-state index in [1.165, 1.54) is 11.7 Å². The molecule has 1 aromatic carbocycles. The molecule has 0 unspecified atom stereocenters. The topological polar surface area (TPSA) is 54.9 Å². The van der Waals surface area contributed by atoms with Crippen molar-refractivity contribution in [3.05, 3.63) is 17.7 Å². The highest BCUT2D eigenvalue weighted by molar-refractivity contribution is 7.00. The minimum Gasteiger partial charge on any atom is -0.324 e. The molecule has 0 aliphatic rings. The van der Waals surface area contributed by atoms with Crippen LogP contribution < -0.4 is 5.32 Å². The second kappa shape index (κ2) is 5.23. The van der Waals surface area contributed by atoms with Crippen LogP contribution >= 0.6 is 11.7 Å². The van der Waals surface area contributed by atoms with Gasteiger partial charge in [-0.15, -0.1) is 0 Å². The van der Waals surface area contributed by atoms with Crippen molar-refractivity contribution >= 4 is 34.4 Å². The van der Waals surface area contributed by atoms with Crippen LogP contribution in [0.1, 0.15) is 31.7 Å². The third kappa shape index (κ3) is 2.61. The van der Waals surface area contributed by atoms with E-state index < -0.39 is 0 Å². The monoisotopic (exact) mass is 249 g/mol. The van der Waals surface area contributed by atoms with E-state index in [4.69, 9.17) is 0 Å². The van der Waals surface area contributed by atoms with Gasteiger partial charge in [-0.2, -0.15) is 8.75 Å². The molecular formula is C12H15N3OS. The summed E-state index contributed by atoms with van der Waals surface area (Å²) in [5.41, 5.74) is 3.46. The van der Waals surface area contributed by atoms with E-state index in [1.807, 2.05) is 19.1 Å². The molecule has 2 rings (SSSR count). The normalized spacial score (nSPS) is 10.7. The van der Waals surface area contributed by atoms with Gasteiger partial charge < -0.3 is 5.32 Å². The molecule has 0 aliphatic heterocycles. The van der Waals surface area contributed by atoms with Crippen LogP contribution in [-0.2, 0) is 4.79 Å². The third-order valence-corrected chi connectivity index (χ3v) is 3.20. The Hall–Kier alpha value is -1.49. The minimum absolute atomic E-state index is 0.0513. The van der Waals surface area contributed by atoms with Gasteiger partial charge in [-0.1, -0.05) is 19.4 Å². The van der Waals surface area contributed by atoms with Crippen molar-refractivity contribution in [3.63, 3.8) is 0 Å². The second-order valence-electron chi connectivity index (χ2n) is 4.04. The number of fused-ring (bicyclic) bond motifs is 1. The summed E-state index contributed by atoms with van der Waals surface area (Å²) >= 11 is 1.17. The van der Waals surface area contributed by atoms with E-state index in [0.29, 0.717) is 6.42 Å². The Balaban J connectivity index is 2.25. The van der Waals surface area contributed by atoms with Crippen LogP contribution in [0.3, 0.4) is 0 Å². The SMILES string of the molecule is CCCCC(=O)Nc1c(C)ccc2nsnc12. The molecule has 90 valence electrons. The summed E-state index contributed by atoms with van der Waals surface area (Å²) in [6.07, 6.45) is 2.49. The van der Waals surface area contributed by atoms with Gasteiger partial charge >= 0.3 is 0 Å². The Morgan fingerprint density at radius 2 is 2.24 bits per heavy atom. The van der Waals surface area contributed by atoms with Crippen LogP contribution in [0, 0.1) is 6.92 Å². The molecule has 0 aliphatic carbocycles. The number of rotatable bonds is 4. The number of benzene rings is 1. The van der Waals surface area contributed by atoms with E-state index in [-0.39, 0.29) is 5.91 Å². The van der Waals surface area contributed by atoms with E-state index in [2.05, 4.69) is 21.0 Å². The molecule has 0 saturated heterocycles. The quantitative estimate of drug-likeness (QED) is 0.905. The number of nitrogens with one attached hydrogen (secondary N) is 1. The Kier molecular flexibility index (Phi) is 3.68. The van der Waals surface area contributed by atoms with Crippen molar-refractivity contribution in [2.45, 2.75) is 33.1 Å². The van der Waals surface area contributed by atoms with Crippen molar-refractivity contribution in [3.8, 4) is 0 Å². The predicted molar refractivity (Wildman–Crippen MR) is 70.3 cm³/mol. The standard InChI is InChI=1S/C12H15N3OS/c1-3-4-5-10(16)13-11-8(2)6-7-9-12(11)15-17-14-9/h6-7H,3-5H2,1-2H3,(H,13,16). The Morgan fingerprint density at radius 3 is 3.00 bits per heavy atom. The van der Waals surface area contributed by atoms with E-state index in [1.54, 1.807) is 0 Å². The number of hydrogen-bond acceptors (Lipinski definition) is 4. The van der Waals surface area contributed by atoms with E-state index in [9.17, 15) is 4.79 Å². The van der Waals surface area contributed by atoms with Gasteiger partial charge in [-0.25, -0.2) is 0 Å². The maximum Gasteiger partial charge on any atom is 0.224 e. The summed E-state index contributed by atoms with van der Waals surface area (Å²) in [7, 11) is 0. The minimum atomic E-state index is 0.0513. The Labute approximate surface area is 104 Å². The van der Waals surface area contributed by atoms with Gasteiger partial charge in [0, 0.05) is 6.42 Å². The lowest BCUT2D eigenvalue weighted by Crippen LogP contribution is -2.12. The first-order chi connectivity index (χ1) is 8.22. The van der Waals surface area contributed by atoms with Gasteiger partial charge in [0.05, 0.1) is 17.4 Å². The van der Waals surface area contributed by atoms with Crippen molar-refractivity contribution in [2.75, 3.05) is 5.32 Å². The smallest absolute Gasteiger partial charge is 0.224 e. The fourth-order valence-corrected chi connectivity index (χ4v) is 2.19. The summed E-state index contributed by atoms with van der Waals surface area (Å²) in [6.45, 7) is 4.04. The Morgan fingerprint density at radius 1 is 1.41 bits per heavy atom. The van der Waals surface area contributed by atoms with Gasteiger partial charge in [0.2, 0.25) is 5.91 Å². The number of hydrogen-bond donors (Lipinski definition) is 1. The van der Waals surface area contributed by atoms with Crippen LogP contribution in [0.25, 0.3) is 11.0 Å². The predicted octanol–water partition coefficient (Wildman–Crippen LogP) is 3.13. The number of unbranched alkanes of at least 4 members (excludes halogenated alkanes) is 1. The van der Waals surface area contributed by atoms with E-state index in [0.717, 1.165) is 35.1 Å². The molecular weight excluding hydrogens is 234 g/mol. The lowest BCUT2D eigenvalue weighted by molar-refractivity contribution is -0.116. The molecule has 17 heavy (non-hydrogen) atoms. The molecule has 0 saturated carbocycles. The average molecular weight is 249 g/mol. The molecule has 2 aromatic rings. The lowest BCUT2D eigenvalue weighted by atomic mass is 10.1. The molecule has 4 nitrogen and oxygen atoms in total. The zero-order valence-electron chi connectivity index (χ0n) is 9.99. The number of aryl methyl sites for hydroxylation is 1.